The molecular formula is C24H26N2O4S. The number of aryl methyl sites for hydroxylation is 1. The summed E-state index contributed by atoms with van der Waals surface area (Å²) in [7, 11) is -0.516. The van der Waals surface area contributed by atoms with Crippen molar-refractivity contribution in [2.24, 2.45) is 0 Å². The Hall–Kier alpha value is -3.32. The van der Waals surface area contributed by atoms with E-state index in [1.165, 1.54) is 16.9 Å². The molecule has 1 N–H and O–H groups in total. The first-order valence-electron chi connectivity index (χ1n) is 9.97. The van der Waals surface area contributed by atoms with Gasteiger partial charge in [-0.2, -0.15) is 0 Å². The molecule has 1 amide bonds. The van der Waals surface area contributed by atoms with Crippen LogP contribution >= 0.6 is 0 Å². The zero-order valence-corrected chi connectivity index (χ0v) is 18.4. The average molecular weight is 439 g/mol. The highest BCUT2D eigenvalue weighted by Gasteiger charge is 2.21. The standard InChI is InChI=1S/C24H26N2O4S/c1-26(31(28,29)23-8-4-3-5-9-23)21-14-12-20(13-15-21)24(27)25-18-6-7-19-10-16-22(30-2)17-11-19/h3-5,8-17H,6-7,18H2,1-2H3,(H,25,27). The number of hydrogen-bond donors (Lipinski definition) is 1. The third kappa shape index (κ3) is 5.64. The van der Waals surface area contributed by atoms with Crippen LogP contribution < -0.4 is 14.4 Å². The highest BCUT2D eigenvalue weighted by molar-refractivity contribution is 7.92. The van der Waals surface area contributed by atoms with Crippen molar-refractivity contribution >= 4 is 21.6 Å². The van der Waals surface area contributed by atoms with Gasteiger partial charge in [-0.05, 0) is 66.9 Å². The maximum absolute atomic E-state index is 12.7. The van der Waals surface area contributed by atoms with E-state index in [2.05, 4.69) is 5.32 Å². The number of rotatable bonds is 9. The number of ether oxygens (including phenoxy) is 1. The topological polar surface area (TPSA) is 75.7 Å². The number of methoxy groups -OCH3 is 1. The van der Waals surface area contributed by atoms with Crippen molar-refractivity contribution in [3.8, 4) is 5.75 Å². The molecule has 0 saturated heterocycles. The summed E-state index contributed by atoms with van der Waals surface area (Å²) in [5.41, 5.74) is 2.15. The zero-order chi connectivity index (χ0) is 22.3. The van der Waals surface area contributed by atoms with Crippen LogP contribution in [0.15, 0.2) is 83.8 Å². The summed E-state index contributed by atoms with van der Waals surface area (Å²) in [5, 5.41) is 2.90. The first-order valence-corrected chi connectivity index (χ1v) is 11.4. The van der Waals surface area contributed by atoms with Gasteiger partial charge in [0, 0.05) is 19.2 Å². The summed E-state index contributed by atoms with van der Waals surface area (Å²) in [5.74, 6) is 0.637. The van der Waals surface area contributed by atoms with Gasteiger partial charge in [-0.15, -0.1) is 0 Å². The van der Waals surface area contributed by atoms with Gasteiger partial charge in [-0.1, -0.05) is 30.3 Å². The van der Waals surface area contributed by atoms with Crippen molar-refractivity contribution < 1.29 is 17.9 Å². The molecule has 0 radical (unpaired) electrons. The van der Waals surface area contributed by atoms with Crippen LogP contribution in [0.2, 0.25) is 0 Å². The van der Waals surface area contributed by atoms with Gasteiger partial charge >= 0.3 is 0 Å². The molecule has 0 saturated carbocycles. The lowest BCUT2D eigenvalue weighted by atomic mass is 10.1. The van der Waals surface area contributed by atoms with Crippen LogP contribution in [0.5, 0.6) is 5.75 Å². The molecule has 31 heavy (non-hydrogen) atoms. The smallest absolute Gasteiger partial charge is 0.264 e. The van der Waals surface area contributed by atoms with E-state index in [-0.39, 0.29) is 10.8 Å². The van der Waals surface area contributed by atoms with Crippen molar-refractivity contribution in [2.75, 3.05) is 25.0 Å². The molecule has 0 aliphatic carbocycles. The summed E-state index contributed by atoms with van der Waals surface area (Å²) in [6.45, 7) is 0.550. The fourth-order valence-corrected chi connectivity index (χ4v) is 4.32. The Balaban J connectivity index is 1.53. The van der Waals surface area contributed by atoms with Crippen LogP contribution in [0.4, 0.5) is 5.69 Å². The third-order valence-corrected chi connectivity index (χ3v) is 6.78. The largest absolute Gasteiger partial charge is 0.497 e. The molecule has 0 spiro atoms. The van der Waals surface area contributed by atoms with Crippen LogP contribution in [-0.2, 0) is 16.4 Å². The van der Waals surface area contributed by atoms with Crippen molar-refractivity contribution in [2.45, 2.75) is 17.7 Å². The zero-order valence-electron chi connectivity index (χ0n) is 17.6. The third-order valence-electron chi connectivity index (χ3n) is 4.98. The Morgan fingerprint density at radius 2 is 1.58 bits per heavy atom. The van der Waals surface area contributed by atoms with E-state index >= 15 is 0 Å². The van der Waals surface area contributed by atoms with E-state index in [9.17, 15) is 13.2 Å². The Morgan fingerprint density at radius 3 is 2.19 bits per heavy atom. The van der Waals surface area contributed by atoms with Gasteiger partial charge in [0.05, 0.1) is 17.7 Å². The number of sulfonamides is 1. The molecule has 0 unspecified atom stereocenters. The molecule has 3 aromatic rings. The summed E-state index contributed by atoms with van der Waals surface area (Å²) in [4.78, 5) is 12.6. The minimum absolute atomic E-state index is 0.185. The van der Waals surface area contributed by atoms with E-state index in [0.717, 1.165) is 18.6 Å². The molecule has 0 atom stereocenters. The molecule has 0 fully saturated rings. The number of nitrogens with one attached hydrogen (secondary N) is 1. The fourth-order valence-electron chi connectivity index (χ4n) is 3.10. The maximum atomic E-state index is 12.7. The Kier molecular flexibility index (Phi) is 7.31. The van der Waals surface area contributed by atoms with Crippen molar-refractivity contribution in [1.82, 2.24) is 5.32 Å². The molecule has 0 aliphatic heterocycles. The second-order valence-electron chi connectivity index (χ2n) is 7.04. The molecule has 0 aliphatic rings. The lowest BCUT2D eigenvalue weighted by Gasteiger charge is -2.19. The second-order valence-corrected chi connectivity index (χ2v) is 9.01. The summed E-state index contributed by atoms with van der Waals surface area (Å²) >= 11 is 0. The van der Waals surface area contributed by atoms with Crippen molar-refractivity contribution in [3.63, 3.8) is 0 Å². The van der Waals surface area contributed by atoms with E-state index in [4.69, 9.17) is 4.74 Å². The van der Waals surface area contributed by atoms with E-state index < -0.39 is 10.0 Å². The normalized spacial score (nSPS) is 11.0. The molecule has 6 nitrogen and oxygen atoms in total. The van der Waals surface area contributed by atoms with Gasteiger partial charge in [0.25, 0.3) is 15.9 Å². The maximum Gasteiger partial charge on any atom is 0.264 e. The van der Waals surface area contributed by atoms with Gasteiger partial charge in [0.1, 0.15) is 5.75 Å². The number of benzene rings is 3. The summed E-state index contributed by atoms with van der Waals surface area (Å²) in [6, 6.07) is 22.6. The van der Waals surface area contributed by atoms with Gasteiger partial charge in [0.2, 0.25) is 0 Å². The minimum Gasteiger partial charge on any atom is -0.497 e. The quantitative estimate of drug-likeness (QED) is 0.515. The van der Waals surface area contributed by atoms with E-state index in [0.29, 0.717) is 17.8 Å². The molecule has 3 rings (SSSR count). The van der Waals surface area contributed by atoms with Gasteiger partial charge < -0.3 is 10.1 Å². The van der Waals surface area contributed by atoms with Crippen LogP contribution in [0.1, 0.15) is 22.3 Å². The minimum atomic E-state index is -3.65. The number of anilines is 1. The lowest BCUT2D eigenvalue weighted by molar-refractivity contribution is 0.0953. The first-order chi connectivity index (χ1) is 14.9. The van der Waals surface area contributed by atoms with E-state index in [1.807, 2.05) is 24.3 Å². The van der Waals surface area contributed by atoms with Crippen LogP contribution in [0.25, 0.3) is 0 Å². The molecule has 0 aromatic heterocycles. The SMILES string of the molecule is COc1ccc(CCCNC(=O)c2ccc(N(C)S(=O)(=O)c3ccccc3)cc2)cc1. The Labute approximate surface area is 183 Å². The number of amides is 1. The first kappa shape index (κ1) is 22.4. The van der Waals surface area contributed by atoms with Gasteiger partial charge in [0.15, 0.2) is 0 Å². The van der Waals surface area contributed by atoms with Gasteiger partial charge in [-0.25, -0.2) is 8.42 Å². The number of nitrogens with zero attached hydrogens (tertiary/aromatic N) is 1. The molecule has 3 aromatic carbocycles. The van der Waals surface area contributed by atoms with Crippen molar-refractivity contribution in [3.05, 3.63) is 90.0 Å². The monoisotopic (exact) mass is 438 g/mol. The summed E-state index contributed by atoms with van der Waals surface area (Å²) in [6.07, 6.45) is 1.67. The predicted molar refractivity (Wildman–Crippen MR) is 122 cm³/mol. The highest BCUT2D eigenvalue weighted by atomic mass is 32.2. The fraction of sp³-hybridized carbons (Fsp3) is 0.208. The molecule has 7 heteroatoms. The molecule has 0 heterocycles. The van der Waals surface area contributed by atoms with Crippen LogP contribution in [-0.4, -0.2) is 35.0 Å². The van der Waals surface area contributed by atoms with E-state index in [1.54, 1.807) is 61.7 Å². The van der Waals surface area contributed by atoms with Crippen LogP contribution in [0.3, 0.4) is 0 Å². The molecular weight excluding hydrogens is 412 g/mol. The summed E-state index contributed by atoms with van der Waals surface area (Å²) < 4.78 is 31.8. The van der Waals surface area contributed by atoms with Gasteiger partial charge in [-0.3, -0.25) is 9.10 Å². The average Bonchev–Trinajstić information content (AvgIpc) is 2.82. The highest BCUT2D eigenvalue weighted by Crippen LogP contribution is 2.22. The number of hydrogen-bond acceptors (Lipinski definition) is 4. The lowest BCUT2D eigenvalue weighted by Crippen LogP contribution is -2.27. The number of carbonyl (C=O) groups excluding carboxylic acids is 1. The van der Waals surface area contributed by atoms with Crippen LogP contribution in [0, 0.1) is 0 Å². The second kappa shape index (κ2) is 10.1. The Bertz CT molecular complexity index is 1100. The van der Waals surface area contributed by atoms with Crippen molar-refractivity contribution in [1.29, 1.82) is 0 Å². The predicted octanol–water partition coefficient (Wildman–Crippen LogP) is 3.88. The molecule has 162 valence electrons. The number of carbonyl (C=O) groups is 1. The molecule has 0 bridgehead atoms. The Morgan fingerprint density at radius 1 is 0.935 bits per heavy atom.